The van der Waals surface area contributed by atoms with Crippen LogP contribution in [0.25, 0.3) is 0 Å². The number of carboxylic acids is 1. The number of hydrogen-bond donors (Lipinski definition) is 2. The summed E-state index contributed by atoms with van der Waals surface area (Å²) in [5.74, 6) is -1.68. The van der Waals surface area contributed by atoms with Crippen molar-refractivity contribution in [2.24, 2.45) is 0 Å². The molecule has 2 aromatic rings. The highest BCUT2D eigenvalue weighted by Gasteiger charge is 2.15. The molecule has 0 spiro atoms. The van der Waals surface area contributed by atoms with Crippen molar-refractivity contribution in [3.05, 3.63) is 45.4 Å². The fourth-order valence-electron chi connectivity index (χ4n) is 1.48. The lowest BCUT2D eigenvalue weighted by Crippen LogP contribution is -2.13. The van der Waals surface area contributed by atoms with Gasteiger partial charge in [0.2, 0.25) is 0 Å². The van der Waals surface area contributed by atoms with Gasteiger partial charge in [-0.2, -0.15) is 5.26 Å². The van der Waals surface area contributed by atoms with Gasteiger partial charge in [0.25, 0.3) is 5.91 Å². The van der Waals surface area contributed by atoms with Crippen molar-refractivity contribution in [1.29, 1.82) is 5.26 Å². The van der Waals surface area contributed by atoms with Crippen LogP contribution in [0.5, 0.6) is 0 Å². The third-order valence-corrected chi connectivity index (χ3v) is 3.37. The molecule has 1 amide bonds. The Bertz CT molecular complexity index is 731. The molecule has 2 N–H and O–H groups in total. The van der Waals surface area contributed by atoms with E-state index < -0.39 is 11.9 Å². The van der Waals surface area contributed by atoms with Crippen molar-refractivity contribution in [3.8, 4) is 6.07 Å². The molecule has 100 valence electrons. The maximum Gasteiger partial charge on any atom is 0.355 e. The minimum absolute atomic E-state index is 0.0594. The monoisotopic (exact) mass is 287 g/mol. The minimum atomic E-state index is -1.18. The largest absolute Gasteiger partial charge is 0.476 e. The predicted octanol–water partition coefficient (Wildman–Crippen LogP) is 2.27. The molecule has 20 heavy (non-hydrogen) atoms. The second kappa shape index (κ2) is 5.50. The summed E-state index contributed by atoms with van der Waals surface area (Å²) >= 11 is 0.952. The summed E-state index contributed by atoms with van der Waals surface area (Å²) in [6.45, 7) is 1.79. The molecule has 0 aliphatic heterocycles. The van der Waals surface area contributed by atoms with Gasteiger partial charge in [-0.1, -0.05) is 6.07 Å². The van der Waals surface area contributed by atoms with Gasteiger partial charge < -0.3 is 10.4 Å². The van der Waals surface area contributed by atoms with Gasteiger partial charge >= 0.3 is 5.97 Å². The number of nitriles is 1. The molecule has 0 aliphatic rings. The Hall–Kier alpha value is -2.72. The van der Waals surface area contributed by atoms with Crippen LogP contribution in [-0.4, -0.2) is 22.0 Å². The highest BCUT2D eigenvalue weighted by atomic mass is 32.1. The highest BCUT2D eigenvalue weighted by molar-refractivity contribution is 7.12. The summed E-state index contributed by atoms with van der Waals surface area (Å²) in [5, 5.41) is 21.6. The van der Waals surface area contributed by atoms with Crippen LogP contribution >= 0.6 is 11.3 Å². The van der Waals surface area contributed by atoms with E-state index in [-0.39, 0.29) is 10.7 Å². The number of nitrogens with one attached hydrogen (secondary N) is 1. The minimum Gasteiger partial charge on any atom is -0.476 e. The molecule has 0 radical (unpaired) electrons. The maximum absolute atomic E-state index is 12.0. The molecule has 0 unspecified atom stereocenters. The van der Waals surface area contributed by atoms with Crippen LogP contribution in [0.1, 0.15) is 31.4 Å². The normalized spacial score (nSPS) is 9.80. The van der Waals surface area contributed by atoms with Crippen LogP contribution in [0, 0.1) is 18.3 Å². The van der Waals surface area contributed by atoms with Crippen molar-refractivity contribution >= 4 is 28.9 Å². The molecule has 7 heteroatoms. The number of hydrogen-bond acceptors (Lipinski definition) is 5. The van der Waals surface area contributed by atoms with Gasteiger partial charge in [-0.3, -0.25) is 4.79 Å². The molecule has 1 heterocycles. The van der Waals surface area contributed by atoms with E-state index in [2.05, 4.69) is 10.3 Å². The lowest BCUT2D eigenvalue weighted by atomic mass is 10.1. The van der Waals surface area contributed by atoms with Gasteiger partial charge in [-0.25, -0.2) is 9.78 Å². The Balaban J connectivity index is 2.23. The molecule has 0 bridgehead atoms. The molecule has 6 nitrogen and oxygen atoms in total. The fourth-order valence-corrected chi connectivity index (χ4v) is 2.16. The number of nitrogens with zero attached hydrogens (tertiary/aromatic N) is 2. The van der Waals surface area contributed by atoms with Crippen LogP contribution in [0.15, 0.2) is 23.6 Å². The SMILES string of the molecule is Cc1ccc(C#N)cc1NC(=O)c1nc(C(=O)O)cs1. The van der Waals surface area contributed by atoms with E-state index in [0.717, 1.165) is 16.9 Å². The van der Waals surface area contributed by atoms with E-state index in [4.69, 9.17) is 10.4 Å². The second-order valence-corrected chi connectivity index (χ2v) is 4.80. The number of carboxylic acid groups (broad SMARTS) is 1. The molecule has 1 aromatic heterocycles. The summed E-state index contributed by atoms with van der Waals surface area (Å²) in [5.41, 5.74) is 1.56. The van der Waals surface area contributed by atoms with Crippen molar-refractivity contribution in [2.45, 2.75) is 6.92 Å². The number of anilines is 1. The molecule has 0 fully saturated rings. The Morgan fingerprint density at radius 2 is 2.20 bits per heavy atom. The van der Waals surface area contributed by atoms with Gasteiger partial charge in [0.1, 0.15) is 0 Å². The summed E-state index contributed by atoms with van der Waals surface area (Å²) in [7, 11) is 0. The number of aryl methyl sites for hydroxylation is 1. The highest BCUT2D eigenvalue weighted by Crippen LogP contribution is 2.18. The van der Waals surface area contributed by atoms with Gasteiger partial charge in [-0.15, -0.1) is 11.3 Å². The standard InChI is InChI=1S/C13H9N3O3S/c1-7-2-3-8(5-14)4-9(7)15-11(17)12-16-10(6-20-12)13(18)19/h2-4,6H,1H3,(H,15,17)(H,18,19). The van der Waals surface area contributed by atoms with E-state index >= 15 is 0 Å². The van der Waals surface area contributed by atoms with E-state index in [0.29, 0.717) is 11.3 Å². The first-order valence-electron chi connectivity index (χ1n) is 5.52. The number of benzene rings is 1. The summed E-state index contributed by atoms with van der Waals surface area (Å²) in [6, 6.07) is 6.91. The van der Waals surface area contributed by atoms with Crippen molar-refractivity contribution in [3.63, 3.8) is 0 Å². The molecule has 0 saturated heterocycles. The van der Waals surface area contributed by atoms with E-state index in [9.17, 15) is 9.59 Å². The van der Waals surface area contributed by atoms with Gasteiger partial charge in [0.15, 0.2) is 10.7 Å². The Labute approximate surface area is 118 Å². The Kier molecular flexibility index (Phi) is 3.77. The lowest BCUT2D eigenvalue weighted by Gasteiger charge is -2.06. The van der Waals surface area contributed by atoms with E-state index in [1.807, 2.05) is 6.07 Å². The Morgan fingerprint density at radius 1 is 1.45 bits per heavy atom. The number of rotatable bonds is 3. The smallest absolute Gasteiger partial charge is 0.355 e. The molecular weight excluding hydrogens is 278 g/mol. The number of carbonyl (C=O) groups is 2. The summed E-state index contributed by atoms with van der Waals surface area (Å²) in [6.07, 6.45) is 0. The van der Waals surface area contributed by atoms with Crippen LogP contribution in [-0.2, 0) is 0 Å². The molecule has 0 saturated carbocycles. The number of carbonyl (C=O) groups excluding carboxylic acids is 1. The van der Waals surface area contributed by atoms with Crippen molar-refractivity contribution < 1.29 is 14.7 Å². The zero-order valence-electron chi connectivity index (χ0n) is 10.4. The lowest BCUT2D eigenvalue weighted by molar-refractivity contribution is 0.0691. The molecule has 0 aliphatic carbocycles. The average molecular weight is 287 g/mol. The maximum atomic E-state index is 12.0. The topological polar surface area (TPSA) is 103 Å². The third-order valence-electron chi connectivity index (χ3n) is 2.53. The van der Waals surface area contributed by atoms with Gasteiger partial charge in [0, 0.05) is 11.1 Å². The molecule has 1 aromatic carbocycles. The summed E-state index contributed by atoms with van der Waals surface area (Å²) < 4.78 is 0. The number of amides is 1. The second-order valence-electron chi connectivity index (χ2n) is 3.94. The zero-order valence-corrected chi connectivity index (χ0v) is 11.2. The van der Waals surface area contributed by atoms with Gasteiger partial charge in [-0.05, 0) is 24.6 Å². The number of aromatic nitrogens is 1. The van der Waals surface area contributed by atoms with Gasteiger partial charge in [0.05, 0.1) is 11.6 Å². The zero-order chi connectivity index (χ0) is 14.7. The quantitative estimate of drug-likeness (QED) is 0.901. The van der Waals surface area contributed by atoms with E-state index in [1.165, 1.54) is 5.38 Å². The summed E-state index contributed by atoms with van der Waals surface area (Å²) in [4.78, 5) is 26.4. The number of aromatic carboxylic acids is 1. The van der Waals surface area contributed by atoms with Crippen LogP contribution in [0.2, 0.25) is 0 Å². The molecule has 0 atom stereocenters. The third kappa shape index (κ3) is 2.81. The number of thiazole rings is 1. The Morgan fingerprint density at radius 3 is 2.80 bits per heavy atom. The first-order chi connectivity index (χ1) is 9.51. The first-order valence-corrected chi connectivity index (χ1v) is 6.40. The van der Waals surface area contributed by atoms with E-state index in [1.54, 1.807) is 25.1 Å². The van der Waals surface area contributed by atoms with Crippen LogP contribution in [0.3, 0.4) is 0 Å². The van der Waals surface area contributed by atoms with Crippen molar-refractivity contribution in [1.82, 2.24) is 4.98 Å². The van der Waals surface area contributed by atoms with Crippen molar-refractivity contribution in [2.75, 3.05) is 5.32 Å². The molecular formula is C13H9N3O3S. The average Bonchev–Trinajstić information content (AvgIpc) is 2.91. The molecule has 2 rings (SSSR count). The van der Waals surface area contributed by atoms with Crippen LogP contribution < -0.4 is 5.32 Å². The first kappa shape index (κ1) is 13.7. The van der Waals surface area contributed by atoms with Crippen LogP contribution in [0.4, 0.5) is 5.69 Å². The predicted molar refractivity (Wildman–Crippen MR) is 72.9 cm³/mol. The fraction of sp³-hybridized carbons (Fsp3) is 0.0769.